The topological polar surface area (TPSA) is 33.0 Å². The maximum atomic E-state index is 9.89. The smallest absolute Gasteiger partial charge is 0.119 e. The summed E-state index contributed by atoms with van der Waals surface area (Å²) in [6, 6.07) is 11.0. The Balaban J connectivity index is 1.88. The van der Waals surface area contributed by atoms with Gasteiger partial charge in [-0.1, -0.05) is 64.5 Å². The third-order valence-corrected chi connectivity index (χ3v) is 5.81. The number of benzene rings is 1. The predicted molar refractivity (Wildman–Crippen MR) is 105 cm³/mol. The number of ether oxygens (including phenoxy) is 1. The molecule has 0 radical (unpaired) electrons. The molecule has 138 valence electrons. The number of hydrogen-bond donors (Lipinski definition) is 0. The standard InChI is InChI=1S/C23H35NO/c1-3-5-7-8-9-20-14-16-23(19-24,17-15-20)21-10-12-22(13-11-21)25-18-6-4-2/h10-13,20H,3-9,14-18H2,1-2H3. The molecular weight excluding hydrogens is 306 g/mol. The zero-order chi connectivity index (χ0) is 18.0. The highest BCUT2D eigenvalue weighted by molar-refractivity contribution is 5.37. The summed E-state index contributed by atoms with van der Waals surface area (Å²) in [6.45, 7) is 5.21. The average Bonchev–Trinajstić information content (AvgIpc) is 2.67. The molecular formula is C23H35NO. The molecule has 0 N–H and O–H groups in total. The first kappa shape index (κ1) is 19.8. The number of rotatable bonds is 10. The van der Waals surface area contributed by atoms with Gasteiger partial charge in [0.05, 0.1) is 18.1 Å². The second kappa shape index (κ2) is 10.5. The van der Waals surface area contributed by atoms with Gasteiger partial charge in [-0.15, -0.1) is 0 Å². The lowest BCUT2D eigenvalue weighted by atomic mass is 9.67. The summed E-state index contributed by atoms with van der Waals surface area (Å²) in [5.41, 5.74) is 0.907. The monoisotopic (exact) mass is 341 g/mol. The molecule has 1 aromatic rings. The van der Waals surface area contributed by atoms with Crippen molar-refractivity contribution in [2.24, 2.45) is 5.92 Å². The van der Waals surface area contributed by atoms with E-state index >= 15 is 0 Å². The highest BCUT2D eigenvalue weighted by atomic mass is 16.5. The first-order chi connectivity index (χ1) is 12.2. The zero-order valence-electron chi connectivity index (χ0n) is 16.2. The van der Waals surface area contributed by atoms with Gasteiger partial charge in [-0.05, 0) is 55.7 Å². The number of nitrogens with zero attached hydrogens (tertiary/aromatic N) is 1. The van der Waals surface area contributed by atoms with Crippen LogP contribution in [0.2, 0.25) is 0 Å². The van der Waals surface area contributed by atoms with E-state index in [1.807, 2.05) is 12.1 Å². The Morgan fingerprint density at radius 1 is 1.00 bits per heavy atom. The molecule has 0 amide bonds. The summed E-state index contributed by atoms with van der Waals surface area (Å²) in [4.78, 5) is 0. The summed E-state index contributed by atoms with van der Waals surface area (Å²) >= 11 is 0. The van der Waals surface area contributed by atoms with Crippen molar-refractivity contribution < 1.29 is 4.74 Å². The van der Waals surface area contributed by atoms with Crippen LogP contribution in [0.15, 0.2) is 24.3 Å². The summed E-state index contributed by atoms with van der Waals surface area (Å²) in [5, 5.41) is 9.89. The quantitative estimate of drug-likeness (QED) is 0.439. The van der Waals surface area contributed by atoms with E-state index < -0.39 is 0 Å². The van der Waals surface area contributed by atoms with E-state index in [4.69, 9.17) is 4.74 Å². The predicted octanol–water partition coefficient (Wildman–Crippen LogP) is 6.79. The van der Waals surface area contributed by atoms with Gasteiger partial charge in [-0.25, -0.2) is 0 Å². The Kier molecular flexibility index (Phi) is 8.32. The molecule has 1 aromatic carbocycles. The second-order valence-corrected chi connectivity index (χ2v) is 7.71. The summed E-state index contributed by atoms with van der Waals surface area (Å²) in [7, 11) is 0. The van der Waals surface area contributed by atoms with Crippen LogP contribution in [0.4, 0.5) is 0 Å². The van der Waals surface area contributed by atoms with Crippen molar-refractivity contribution >= 4 is 0 Å². The SMILES string of the molecule is CCCCCCC1CCC(C#N)(c2ccc(OCCCC)cc2)CC1. The van der Waals surface area contributed by atoms with Crippen molar-refractivity contribution in [2.45, 2.75) is 89.9 Å². The van der Waals surface area contributed by atoms with Gasteiger partial charge in [0, 0.05) is 0 Å². The first-order valence-electron chi connectivity index (χ1n) is 10.4. The van der Waals surface area contributed by atoms with E-state index in [0.717, 1.165) is 44.0 Å². The molecule has 0 aromatic heterocycles. The molecule has 1 saturated carbocycles. The van der Waals surface area contributed by atoms with E-state index in [-0.39, 0.29) is 5.41 Å². The molecule has 0 aliphatic heterocycles. The molecule has 0 saturated heterocycles. The van der Waals surface area contributed by atoms with Crippen LogP contribution < -0.4 is 4.74 Å². The van der Waals surface area contributed by atoms with Gasteiger partial charge < -0.3 is 4.74 Å². The van der Waals surface area contributed by atoms with Crippen LogP contribution >= 0.6 is 0 Å². The minimum absolute atomic E-state index is 0.276. The Hall–Kier alpha value is -1.49. The van der Waals surface area contributed by atoms with E-state index in [2.05, 4.69) is 32.0 Å². The fourth-order valence-electron chi connectivity index (χ4n) is 3.99. The maximum Gasteiger partial charge on any atom is 0.119 e. The van der Waals surface area contributed by atoms with Crippen LogP contribution in [0.5, 0.6) is 5.75 Å². The Morgan fingerprint density at radius 2 is 1.68 bits per heavy atom. The minimum Gasteiger partial charge on any atom is -0.494 e. The van der Waals surface area contributed by atoms with Crippen molar-refractivity contribution in [2.75, 3.05) is 6.61 Å². The molecule has 25 heavy (non-hydrogen) atoms. The fourth-order valence-corrected chi connectivity index (χ4v) is 3.99. The normalized spacial score (nSPS) is 23.2. The average molecular weight is 342 g/mol. The zero-order valence-corrected chi connectivity index (χ0v) is 16.2. The molecule has 2 heteroatoms. The number of unbranched alkanes of at least 4 members (excludes halogenated alkanes) is 4. The molecule has 0 spiro atoms. The summed E-state index contributed by atoms with van der Waals surface area (Å²) in [5.74, 6) is 1.75. The highest BCUT2D eigenvalue weighted by Gasteiger charge is 2.36. The molecule has 2 rings (SSSR count). The molecule has 0 heterocycles. The van der Waals surface area contributed by atoms with Crippen molar-refractivity contribution in [3.8, 4) is 11.8 Å². The first-order valence-corrected chi connectivity index (χ1v) is 10.4. The molecule has 1 fully saturated rings. The van der Waals surface area contributed by atoms with Gasteiger partial charge in [0.15, 0.2) is 0 Å². The lowest BCUT2D eigenvalue weighted by molar-refractivity contribution is 0.261. The van der Waals surface area contributed by atoms with Crippen LogP contribution in [0.1, 0.15) is 90.0 Å². The van der Waals surface area contributed by atoms with Gasteiger partial charge in [0.25, 0.3) is 0 Å². The minimum atomic E-state index is -0.276. The van der Waals surface area contributed by atoms with Crippen LogP contribution in [0.25, 0.3) is 0 Å². The molecule has 1 aliphatic carbocycles. The van der Waals surface area contributed by atoms with Crippen molar-refractivity contribution in [3.63, 3.8) is 0 Å². The highest BCUT2D eigenvalue weighted by Crippen LogP contribution is 2.43. The third-order valence-electron chi connectivity index (χ3n) is 5.81. The summed E-state index contributed by atoms with van der Waals surface area (Å²) in [6.07, 6.45) is 13.4. The second-order valence-electron chi connectivity index (χ2n) is 7.71. The van der Waals surface area contributed by atoms with E-state index in [9.17, 15) is 5.26 Å². The van der Waals surface area contributed by atoms with Crippen LogP contribution in [0, 0.1) is 17.2 Å². The van der Waals surface area contributed by atoms with Gasteiger partial charge in [-0.2, -0.15) is 5.26 Å². The molecule has 0 bridgehead atoms. The Morgan fingerprint density at radius 3 is 2.28 bits per heavy atom. The maximum absolute atomic E-state index is 9.89. The largest absolute Gasteiger partial charge is 0.494 e. The molecule has 2 nitrogen and oxygen atoms in total. The van der Waals surface area contributed by atoms with Crippen molar-refractivity contribution in [1.29, 1.82) is 5.26 Å². The molecule has 0 unspecified atom stereocenters. The van der Waals surface area contributed by atoms with Gasteiger partial charge in [0.2, 0.25) is 0 Å². The lowest BCUT2D eigenvalue weighted by Crippen LogP contribution is -2.30. The summed E-state index contributed by atoms with van der Waals surface area (Å²) < 4.78 is 5.75. The number of hydrogen-bond acceptors (Lipinski definition) is 2. The van der Waals surface area contributed by atoms with Crippen molar-refractivity contribution in [1.82, 2.24) is 0 Å². The molecule has 1 aliphatic rings. The molecule has 0 atom stereocenters. The van der Waals surface area contributed by atoms with Crippen LogP contribution in [0.3, 0.4) is 0 Å². The van der Waals surface area contributed by atoms with E-state index in [1.165, 1.54) is 50.5 Å². The lowest BCUT2D eigenvalue weighted by Gasteiger charge is -2.35. The van der Waals surface area contributed by atoms with Gasteiger partial charge in [0.1, 0.15) is 5.75 Å². The Bertz CT molecular complexity index is 520. The fraction of sp³-hybridized carbons (Fsp3) is 0.696. The number of nitriles is 1. The van der Waals surface area contributed by atoms with Crippen molar-refractivity contribution in [3.05, 3.63) is 29.8 Å². The van der Waals surface area contributed by atoms with Crippen LogP contribution in [-0.4, -0.2) is 6.61 Å². The van der Waals surface area contributed by atoms with Gasteiger partial charge >= 0.3 is 0 Å². The third kappa shape index (κ3) is 5.77. The van der Waals surface area contributed by atoms with E-state index in [0.29, 0.717) is 0 Å². The van der Waals surface area contributed by atoms with Crippen LogP contribution in [-0.2, 0) is 5.41 Å². The van der Waals surface area contributed by atoms with Gasteiger partial charge in [-0.3, -0.25) is 0 Å². The van der Waals surface area contributed by atoms with E-state index in [1.54, 1.807) is 0 Å². The Labute approximate surface area is 154 Å².